The first kappa shape index (κ1) is 28.1. The summed E-state index contributed by atoms with van der Waals surface area (Å²) in [7, 11) is 0. The molecule has 0 aliphatic rings. The molecule has 0 aliphatic heterocycles. The number of rotatable bonds is 12. The zero-order valence-electron chi connectivity index (χ0n) is 20.2. The number of ether oxygens (including phenoxy) is 3. The predicted molar refractivity (Wildman–Crippen MR) is 121 cm³/mol. The molecule has 0 saturated carbocycles. The Morgan fingerprint density at radius 1 is 0.970 bits per heavy atom. The Balaban J connectivity index is 3.19. The van der Waals surface area contributed by atoms with Gasteiger partial charge in [-0.3, -0.25) is 19.2 Å². The lowest BCUT2D eigenvalue weighted by atomic mass is 9.86. The van der Waals surface area contributed by atoms with Gasteiger partial charge in [0.1, 0.15) is 11.6 Å². The summed E-state index contributed by atoms with van der Waals surface area (Å²) in [6, 6.07) is 4.42. The molecule has 0 aromatic heterocycles. The van der Waals surface area contributed by atoms with E-state index < -0.39 is 47.4 Å². The first-order chi connectivity index (χ1) is 15.3. The second kappa shape index (κ2) is 12.3. The highest BCUT2D eigenvalue weighted by molar-refractivity contribution is 5.80. The molecule has 0 bridgehead atoms. The lowest BCUT2D eigenvalue weighted by molar-refractivity contribution is -0.153. The van der Waals surface area contributed by atoms with E-state index in [-0.39, 0.29) is 30.8 Å². The van der Waals surface area contributed by atoms with E-state index in [1.165, 1.54) is 12.1 Å². The van der Waals surface area contributed by atoms with Crippen LogP contribution in [-0.4, -0.2) is 40.6 Å². The minimum Gasteiger partial charge on any atom is -0.480 e. The molecule has 1 aromatic carbocycles. The molecule has 0 aliphatic carbocycles. The van der Waals surface area contributed by atoms with E-state index in [4.69, 9.17) is 19.9 Å². The molecule has 1 unspecified atom stereocenters. The molecule has 2 atom stereocenters. The van der Waals surface area contributed by atoms with Crippen LogP contribution in [0.3, 0.4) is 0 Å². The van der Waals surface area contributed by atoms with Crippen LogP contribution in [0.15, 0.2) is 18.2 Å². The van der Waals surface area contributed by atoms with Crippen LogP contribution in [0.4, 0.5) is 0 Å². The number of esters is 3. The predicted octanol–water partition coefficient (Wildman–Crippen LogP) is 3.26. The van der Waals surface area contributed by atoms with Crippen molar-refractivity contribution in [3.8, 4) is 11.5 Å². The fourth-order valence-electron chi connectivity index (χ4n) is 2.92. The molecule has 0 radical (unpaired) electrons. The number of carboxylic acids is 1. The molecule has 0 spiro atoms. The summed E-state index contributed by atoms with van der Waals surface area (Å²) in [6.45, 7) is 10.1. The maximum Gasteiger partial charge on any atom is 0.324 e. The topological polar surface area (TPSA) is 142 Å². The van der Waals surface area contributed by atoms with Crippen molar-refractivity contribution in [3.63, 3.8) is 0 Å². The van der Waals surface area contributed by atoms with Gasteiger partial charge in [-0.2, -0.15) is 0 Å². The lowest BCUT2D eigenvalue weighted by Gasteiger charge is -2.28. The van der Waals surface area contributed by atoms with Gasteiger partial charge in [0.2, 0.25) is 0 Å². The maximum atomic E-state index is 12.2. The molecule has 9 heteroatoms. The Labute approximate surface area is 194 Å². The van der Waals surface area contributed by atoms with Crippen molar-refractivity contribution in [2.24, 2.45) is 17.6 Å². The fourth-order valence-corrected chi connectivity index (χ4v) is 2.92. The second-order valence-electron chi connectivity index (χ2n) is 8.83. The summed E-state index contributed by atoms with van der Waals surface area (Å²) >= 11 is 0. The van der Waals surface area contributed by atoms with Crippen molar-refractivity contribution in [3.05, 3.63) is 23.8 Å². The van der Waals surface area contributed by atoms with Gasteiger partial charge in [-0.25, -0.2) is 0 Å². The Morgan fingerprint density at radius 3 is 2.00 bits per heavy atom. The molecule has 1 aromatic rings. The molecule has 3 N–H and O–H groups in total. The Kier molecular flexibility index (Phi) is 10.5. The van der Waals surface area contributed by atoms with Crippen LogP contribution in [0.25, 0.3) is 0 Å². The van der Waals surface area contributed by atoms with Crippen molar-refractivity contribution >= 4 is 23.9 Å². The quantitative estimate of drug-likeness (QED) is 0.351. The fraction of sp³-hybridized carbons (Fsp3) is 0.583. The monoisotopic (exact) mass is 465 g/mol. The van der Waals surface area contributed by atoms with Crippen LogP contribution in [0.1, 0.15) is 66.4 Å². The number of nitrogens with two attached hydrogens (primary N) is 1. The van der Waals surface area contributed by atoms with Crippen molar-refractivity contribution < 1.29 is 38.5 Å². The highest BCUT2D eigenvalue weighted by Crippen LogP contribution is 2.32. The second-order valence-corrected chi connectivity index (χ2v) is 8.83. The molecule has 33 heavy (non-hydrogen) atoms. The van der Waals surface area contributed by atoms with Gasteiger partial charge in [0.25, 0.3) is 0 Å². The first-order valence-electron chi connectivity index (χ1n) is 11.1. The highest BCUT2D eigenvalue weighted by Gasteiger charge is 2.37. The van der Waals surface area contributed by atoms with Gasteiger partial charge in [-0.05, 0) is 31.0 Å². The number of aliphatic carboxylic acids is 1. The number of carboxylic acid groups (broad SMARTS) is 1. The first-order valence-corrected chi connectivity index (χ1v) is 11.1. The van der Waals surface area contributed by atoms with Crippen LogP contribution < -0.4 is 15.2 Å². The average molecular weight is 466 g/mol. The van der Waals surface area contributed by atoms with Crippen LogP contribution in [0.2, 0.25) is 0 Å². The van der Waals surface area contributed by atoms with E-state index in [1.54, 1.807) is 40.7 Å². The van der Waals surface area contributed by atoms with Crippen molar-refractivity contribution in [1.82, 2.24) is 0 Å². The summed E-state index contributed by atoms with van der Waals surface area (Å²) in [4.78, 5) is 47.9. The van der Waals surface area contributed by atoms with Crippen molar-refractivity contribution in [2.45, 2.75) is 78.9 Å². The van der Waals surface area contributed by atoms with Crippen molar-refractivity contribution in [2.75, 3.05) is 0 Å². The molecule has 9 nitrogen and oxygen atoms in total. The van der Waals surface area contributed by atoms with Crippen LogP contribution in [-0.2, 0) is 30.3 Å². The molecule has 0 amide bonds. The number of benzene rings is 1. The van der Waals surface area contributed by atoms with Gasteiger partial charge in [0.05, 0.1) is 11.8 Å². The molecule has 0 heterocycles. The summed E-state index contributed by atoms with van der Waals surface area (Å²) < 4.78 is 16.0. The summed E-state index contributed by atoms with van der Waals surface area (Å²) in [5.41, 5.74) is 4.90. The van der Waals surface area contributed by atoms with E-state index >= 15 is 0 Å². The average Bonchev–Trinajstić information content (AvgIpc) is 2.69. The standard InChI is InChI=1S/C24H35NO8/c1-7-8-20(26)31-16(6)12-24(25,23(29)30)13-17-9-10-18(32-21(27)14(2)3)19(11-17)33-22(28)15(4)5/h9-11,14-16H,7-8,12-13,25H2,1-6H3,(H,29,30)/t16-,24?/m0/s1. The third-order valence-electron chi connectivity index (χ3n) is 4.76. The zero-order chi connectivity index (χ0) is 25.3. The molecule has 184 valence electrons. The molecular formula is C24H35NO8. The smallest absolute Gasteiger partial charge is 0.324 e. The minimum absolute atomic E-state index is 0.00430. The SMILES string of the molecule is CCCC(=O)O[C@@H](C)CC(N)(Cc1ccc(OC(=O)C(C)C)c(OC(=O)C(C)C)c1)C(=O)O. The van der Waals surface area contributed by atoms with Crippen LogP contribution in [0, 0.1) is 11.8 Å². The third-order valence-corrected chi connectivity index (χ3v) is 4.76. The van der Waals surface area contributed by atoms with E-state index in [9.17, 15) is 24.3 Å². The lowest BCUT2D eigenvalue weighted by Crippen LogP contribution is -2.52. The number of hydrogen-bond donors (Lipinski definition) is 2. The maximum absolute atomic E-state index is 12.2. The number of carbonyl (C=O) groups excluding carboxylic acids is 3. The molecular weight excluding hydrogens is 430 g/mol. The summed E-state index contributed by atoms with van der Waals surface area (Å²) in [5.74, 6) is -3.53. The number of carbonyl (C=O) groups is 4. The van der Waals surface area contributed by atoms with E-state index in [0.29, 0.717) is 12.0 Å². The molecule has 0 saturated heterocycles. The third kappa shape index (κ3) is 8.84. The molecule has 1 rings (SSSR count). The van der Waals surface area contributed by atoms with Gasteiger partial charge in [0.15, 0.2) is 11.5 Å². The van der Waals surface area contributed by atoms with Gasteiger partial charge in [-0.1, -0.05) is 40.7 Å². The zero-order valence-corrected chi connectivity index (χ0v) is 20.2. The largest absolute Gasteiger partial charge is 0.480 e. The van der Waals surface area contributed by atoms with Gasteiger partial charge in [0, 0.05) is 19.3 Å². The minimum atomic E-state index is -1.75. The summed E-state index contributed by atoms with van der Waals surface area (Å²) in [5, 5.41) is 9.78. The van der Waals surface area contributed by atoms with E-state index in [1.807, 2.05) is 6.92 Å². The van der Waals surface area contributed by atoms with E-state index in [2.05, 4.69) is 0 Å². The Morgan fingerprint density at radius 2 is 1.52 bits per heavy atom. The van der Waals surface area contributed by atoms with Gasteiger partial charge in [-0.15, -0.1) is 0 Å². The van der Waals surface area contributed by atoms with Crippen LogP contribution >= 0.6 is 0 Å². The van der Waals surface area contributed by atoms with Crippen molar-refractivity contribution in [1.29, 1.82) is 0 Å². The van der Waals surface area contributed by atoms with Gasteiger partial charge >= 0.3 is 23.9 Å². The van der Waals surface area contributed by atoms with Crippen LogP contribution in [0.5, 0.6) is 11.5 Å². The Hall–Kier alpha value is -2.94. The summed E-state index contributed by atoms with van der Waals surface area (Å²) in [6.07, 6.45) is -0.124. The normalized spacial score (nSPS) is 13.8. The van der Waals surface area contributed by atoms with E-state index in [0.717, 1.165) is 0 Å². The highest BCUT2D eigenvalue weighted by atomic mass is 16.6. The van der Waals surface area contributed by atoms with Gasteiger partial charge < -0.3 is 25.1 Å². The Bertz CT molecular complexity index is 864. The molecule has 0 fully saturated rings. The number of hydrogen-bond acceptors (Lipinski definition) is 8.